The molecule has 0 aliphatic heterocycles. The highest BCUT2D eigenvalue weighted by molar-refractivity contribution is 5.99. The summed E-state index contributed by atoms with van der Waals surface area (Å²) in [5.74, 6) is 0.781. The molecule has 0 atom stereocenters. The number of nitrogens with zero attached hydrogens (tertiary/aromatic N) is 1. The normalized spacial score (nSPS) is 12.1. The highest BCUT2D eigenvalue weighted by Gasteiger charge is 2.19. The molecule has 0 aliphatic carbocycles. The van der Waals surface area contributed by atoms with E-state index < -0.39 is 0 Å². The SMILES string of the molecule is C=C(/C=C/C)/C(=C/C(=O)N(C(C)C)C(C)C)c1ccc(OC)cc1. The molecule has 0 spiro atoms. The van der Waals surface area contributed by atoms with E-state index in [1.807, 2.05) is 75.9 Å². The van der Waals surface area contributed by atoms with Crippen LogP contribution in [0.15, 0.2) is 54.6 Å². The third-order valence-corrected chi connectivity index (χ3v) is 3.75. The zero-order valence-corrected chi connectivity index (χ0v) is 15.7. The standard InChI is InChI=1S/C21H29NO2/c1-8-9-17(6)20(18-10-12-19(24-7)13-11-18)14-21(23)22(15(2)3)16(4)5/h8-16H,6H2,1-5,7H3/b9-8+,20-14-. The zero-order valence-electron chi connectivity index (χ0n) is 15.7. The summed E-state index contributed by atoms with van der Waals surface area (Å²) < 4.78 is 5.21. The summed E-state index contributed by atoms with van der Waals surface area (Å²) in [6.07, 6.45) is 5.52. The van der Waals surface area contributed by atoms with E-state index in [9.17, 15) is 4.79 Å². The maximum atomic E-state index is 12.8. The quantitative estimate of drug-likeness (QED) is 0.529. The van der Waals surface area contributed by atoms with E-state index in [2.05, 4.69) is 6.58 Å². The lowest BCUT2D eigenvalue weighted by Gasteiger charge is -2.30. The predicted octanol–water partition coefficient (Wildman–Crippen LogP) is 4.86. The first-order chi connectivity index (χ1) is 11.3. The number of amides is 1. The molecule has 0 unspecified atom stereocenters. The summed E-state index contributed by atoms with van der Waals surface area (Å²) in [5, 5.41) is 0. The number of ether oxygens (including phenoxy) is 1. The monoisotopic (exact) mass is 327 g/mol. The lowest BCUT2D eigenvalue weighted by molar-refractivity contribution is -0.129. The molecule has 130 valence electrons. The van der Waals surface area contributed by atoms with Gasteiger partial charge in [-0.15, -0.1) is 0 Å². The van der Waals surface area contributed by atoms with Crippen molar-refractivity contribution in [1.29, 1.82) is 0 Å². The molecule has 0 saturated heterocycles. The Morgan fingerprint density at radius 2 is 1.67 bits per heavy atom. The Morgan fingerprint density at radius 3 is 2.08 bits per heavy atom. The van der Waals surface area contributed by atoms with Crippen LogP contribution in [0.5, 0.6) is 5.75 Å². The van der Waals surface area contributed by atoms with E-state index in [1.54, 1.807) is 13.2 Å². The fourth-order valence-electron chi connectivity index (χ4n) is 2.73. The fourth-order valence-corrected chi connectivity index (χ4v) is 2.73. The van der Waals surface area contributed by atoms with Gasteiger partial charge in [0.25, 0.3) is 0 Å². The Morgan fingerprint density at radius 1 is 1.12 bits per heavy atom. The highest BCUT2D eigenvalue weighted by atomic mass is 16.5. The highest BCUT2D eigenvalue weighted by Crippen LogP contribution is 2.26. The van der Waals surface area contributed by atoms with Gasteiger partial charge in [0, 0.05) is 18.2 Å². The van der Waals surface area contributed by atoms with Gasteiger partial charge < -0.3 is 9.64 Å². The number of allylic oxidation sites excluding steroid dienone is 4. The lowest BCUT2D eigenvalue weighted by Crippen LogP contribution is -2.41. The third-order valence-electron chi connectivity index (χ3n) is 3.75. The first-order valence-corrected chi connectivity index (χ1v) is 8.32. The van der Waals surface area contributed by atoms with Crippen molar-refractivity contribution in [3.05, 3.63) is 60.2 Å². The van der Waals surface area contributed by atoms with Crippen molar-refractivity contribution in [3.63, 3.8) is 0 Å². The van der Waals surface area contributed by atoms with Gasteiger partial charge in [0.05, 0.1) is 7.11 Å². The summed E-state index contributed by atoms with van der Waals surface area (Å²) >= 11 is 0. The smallest absolute Gasteiger partial charge is 0.247 e. The summed E-state index contributed by atoms with van der Waals surface area (Å²) in [4.78, 5) is 14.7. The average molecular weight is 327 g/mol. The number of carbonyl (C=O) groups excluding carboxylic acids is 1. The van der Waals surface area contributed by atoms with Crippen LogP contribution < -0.4 is 4.74 Å². The number of benzene rings is 1. The molecule has 24 heavy (non-hydrogen) atoms. The second-order valence-corrected chi connectivity index (χ2v) is 6.24. The van der Waals surface area contributed by atoms with Gasteiger partial charge in [0.1, 0.15) is 5.75 Å². The van der Waals surface area contributed by atoms with Crippen LogP contribution in [0.4, 0.5) is 0 Å². The zero-order chi connectivity index (χ0) is 18.3. The molecular weight excluding hydrogens is 298 g/mol. The summed E-state index contributed by atoms with van der Waals surface area (Å²) in [6, 6.07) is 7.95. The average Bonchev–Trinajstić information content (AvgIpc) is 2.52. The Balaban J connectivity index is 3.31. The molecule has 1 amide bonds. The molecule has 1 aromatic carbocycles. The van der Waals surface area contributed by atoms with Crippen LogP contribution in [0, 0.1) is 0 Å². The van der Waals surface area contributed by atoms with Crippen LogP contribution >= 0.6 is 0 Å². The fraction of sp³-hybridized carbons (Fsp3) is 0.381. The second kappa shape index (κ2) is 9.11. The topological polar surface area (TPSA) is 29.5 Å². The van der Waals surface area contributed by atoms with Crippen molar-refractivity contribution in [2.24, 2.45) is 0 Å². The van der Waals surface area contributed by atoms with Gasteiger partial charge >= 0.3 is 0 Å². The minimum absolute atomic E-state index is 0.00327. The van der Waals surface area contributed by atoms with Crippen molar-refractivity contribution < 1.29 is 9.53 Å². The number of rotatable bonds is 7. The predicted molar refractivity (Wildman–Crippen MR) is 102 cm³/mol. The number of hydrogen-bond donors (Lipinski definition) is 0. The van der Waals surface area contributed by atoms with Crippen molar-refractivity contribution in [2.75, 3.05) is 7.11 Å². The van der Waals surface area contributed by atoms with Gasteiger partial charge in [-0.25, -0.2) is 0 Å². The molecule has 3 nitrogen and oxygen atoms in total. The number of hydrogen-bond acceptors (Lipinski definition) is 2. The van der Waals surface area contributed by atoms with E-state index in [1.165, 1.54) is 0 Å². The molecule has 0 aromatic heterocycles. The molecule has 0 radical (unpaired) electrons. The number of methoxy groups -OCH3 is 1. The molecule has 1 aromatic rings. The van der Waals surface area contributed by atoms with Gasteiger partial charge in [0.2, 0.25) is 5.91 Å². The molecule has 0 saturated carbocycles. The van der Waals surface area contributed by atoms with Crippen molar-refractivity contribution in [1.82, 2.24) is 4.90 Å². The first kappa shape index (κ1) is 19.8. The van der Waals surface area contributed by atoms with Gasteiger partial charge in [-0.05, 0) is 63.5 Å². The van der Waals surface area contributed by atoms with E-state index in [-0.39, 0.29) is 18.0 Å². The largest absolute Gasteiger partial charge is 0.497 e. The van der Waals surface area contributed by atoms with Crippen LogP contribution in [-0.4, -0.2) is 30.0 Å². The van der Waals surface area contributed by atoms with E-state index in [4.69, 9.17) is 4.74 Å². The molecule has 0 heterocycles. The third kappa shape index (κ3) is 5.12. The summed E-state index contributed by atoms with van der Waals surface area (Å²) in [6.45, 7) is 14.2. The summed E-state index contributed by atoms with van der Waals surface area (Å²) in [5.41, 5.74) is 2.58. The van der Waals surface area contributed by atoms with Crippen LogP contribution in [0.1, 0.15) is 40.2 Å². The van der Waals surface area contributed by atoms with Crippen molar-refractivity contribution in [2.45, 2.75) is 46.7 Å². The van der Waals surface area contributed by atoms with Gasteiger partial charge in [-0.2, -0.15) is 0 Å². The van der Waals surface area contributed by atoms with E-state index >= 15 is 0 Å². The van der Waals surface area contributed by atoms with Crippen LogP contribution in [0.25, 0.3) is 5.57 Å². The van der Waals surface area contributed by atoms with Gasteiger partial charge in [-0.3, -0.25) is 4.79 Å². The molecular formula is C21H29NO2. The van der Waals surface area contributed by atoms with Gasteiger partial charge in [-0.1, -0.05) is 30.9 Å². The van der Waals surface area contributed by atoms with Gasteiger partial charge in [0.15, 0.2) is 0 Å². The molecule has 1 rings (SSSR count). The van der Waals surface area contributed by atoms with Crippen LogP contribution in [-0.2, 0) is 4.79 Å². The summed E-state index contributed by atoms with van der Waals surface area (Å²) in [7, 11) is 1.64. The number of carbonyl (C=O) groups is 1. The van der Waals surface area contributed by atoms with E-state index in [0.717, 1.165) is 22.5 Å². The van der Waals surface area contributed by atoms with E-state index in [0.29, 0.717) is 0 Å². The Bertz CT molecular complexity index is 614. The van der Waals surface area contributed by atoms with Crippen LogP contribution in [0.3, 0.4) is 0 Å². The minimum Gasteiger partial charge on any atom is -0.497 e. The Labute approximate surface area is 146 Å². The minimum atomic E-state index is -0.00327. The van der Waals surface area contributed by atoms with Crippen molar-refractivity contribution in [3.8, 4) is 5.75 Å². The lowest BCUT2D eigenvalue weighted by atomic mass is 9.97. The van der Waals surface area contributed by atoms with Crippen molar-refractivity contribution >= 4 is 11.5 Å². The Hall–Kier alpha value is -2.29. The maximum Gasteiger partial charge on any atom is 0.247 e. The van der Waals surface area contributed by atoms with Crippen LogP contribution in [0.2, 0.25) is 0 Å². The maximum absolute atomic E-state index is 12.8. The molecule has 0 aliphatic rings. The molecule has 0 fully saturated rings. The molecule has 3 heteroatoms. The second-order valence-electron chi connectivity index (χ2n) is 6.24. The Kier molecular flexibility index (Phi) is 7.50. The first-order valence-electron chi connectivity index (χ1n) is 8.32. The molecule has 0 N–H and O–H groups in total. The molecule has 0 bridgehead atoms.